The van der Waals surface area contributed by atoms with Gasteiger partial charge in [-0.1, -0.05) is 13.8 Å². The Balaban J connectivity index is 2.64. The molecule has 106 valence electrons. The van der Waals surface area contributed by atoms with Gasteiger partial charge in [0.15, 0.2) is 0 Å². The first kappa shape index (κ1) is 15.7. The van der Waals surface area contributed by atoms with Gasteiger partial charge in [0.25, 0.3) is 0 Å². The molecule has 0 saturated carbocycles. The molecule has 1 atom stereocenters. The molecule has 1 amide bonds. The lowest BCUT2D eigenvalue weighted by Gasteiger charge is -2.14. The van der Waals surface area contributed by atoms with E-state index in [0.717, 1.165) is 18.4 Å². The SMILES string of the molecule is CCC(CC)NC(=O)CS(=O)c1ccc(N)c(C)c1. The number of anilines is 1. The van der Waals surface area contributed by atoms with E-state index in [-0.39, 0.29) is 17.7 Å². The summed E-state index contributed by atoms with van der Waals surface area (Å²) >= 11 is 0. The van der Waals surface area contributed by atoms with Gasteiger partial charge in [0.1, 0.15) is 5.75 Å². The Morgan fingerprint density at radius 3 is 2.53 bits per heavy atom. The third kappa shape index (κ3) is 4.67. The lowest BCUT2D eigenvalue weighted by Crippen LogP contribution is -2.36. The fourth-order valence-electron chi connectivity index (χ4n) is 1.75. The van der Waals surface area contributed by atoms with Crippen molar-refractivity contribution in [2.75, 3.05) is 11.5 Å². The first-order valence-electron chi connectivity index (χ1n) is 6.51. The van der Waals surface area contributed by atoms with Crippen molar-refractivity contribution in [1.29, 1.82) is 0 Å². The van der Waals surface area contributed by atoms with Gasteiger partial charge in [-0.05, 0) is 43.5 Å². The van der Waals surface area contributed by atoms with Crippen molar-refractivity contribution in [1.82, 2.24) is 5.32 Å². The minimum absolute atomic E-state index is 0.000141. The number of hydrogen-bond donors (Lipinski definition) is 2. The summed E-state index contributed by atoms with van der Waals surface area (Å²) in [4.78, 5) is 12.4. The zero-order valence-corrected chi connectivity index (χ0v) is 12.5. The number of nitrogens with one attached hydrogen (secondary N) is 1. The summed E-state index contributed by atoms with van der Waals surface area (Å²) in [6, 6.07) is 5.37. The third-order valence-electron chi connectivity index (χ3n) is 3.12. The minimum Gasteiger partial charge on any atom is -0.399 e. The van der Waals surface area contributed by atoms with E-state index in [1.807, 2.05) is 20.8 Å². The Morgan fingerprint density at radius 1 is 1.37 bits per heavy atom. The molecule has 0 aromatic heterocycles. The van der Waals surface area contributed by atoms with Crippen molar-refractivity contribution in [3.05, 3.63) is 23.8 Å². The molecule has 0 aliphatic rings. The van der Waals surface area contributed by atoms with E-state index in [1.165, 1.54) is 0 Å². The Bertz CT molecular complexity index is 471. The molecule has 19 heavy (non-hydrogen) atoms. The van der Waals surface area contributed by atoms with Crippen LogP contribution in [0.3, 0.4) is 0 Å². The lowest BCUT2D eigenvalue weighted by atomic mass is 10.2. The third-order valence-corrected chi connectivity index (χ3v) is 4.42. The topological polar surface area (TPSA) is 72.2 Å². The Labute approximate surface area is 117 Å². The van der Waals surface area contributed by atoms with E-state index < -0.39 is 10.8 Å². The van der Waals surface area contributed by atoms with Crippen LogP contribution in [0, 0.1) is 6.92 Å². The van der Waals surface area contributed by atoms with Gasteiger partial charge in [0.05, 0.1) is 10.8 Å². The van der Waals surface area contributed by atoms with Crippen LogP contribution in [0.1, 0.15) is 32.3 Å². The van der Waals surface area contributed by atoms with Gasteiger partial charge in [-0.15, -0.1) is 0 Å². The van der Waals surface area contributed by atoms with Gasteiger partial charge >= 0.3 is 0 Å². The van der Waals surface area contributed by atoms with Gasteiger partial charge in [0.2, 0.25) is 5.91 Å². The van der Waals surface area contributed by atoms with Crippen LogP contribution in [0.15, 0.2) is 23.1 Å². The second-order valence-corrected chi connectivity index (χ2v) is 6.04. The molecule has 0 saturated heterocycles. The van der Waals surface area contributed by atoms with Gasteiger partial charge in [-0.2, -0.15) is 0 Å². The van der Waals surface area contributed by atoms with Gasteiger partial charge in [-0.25, -0.2) is 0 Å². The van der Waals surface area contributed by atoms with Crippen molar-refractivity contribution >= 4 is 22.4 Å². The van der Waals surface area contributed by atoms with Crippen LogP contribution in [0.5, 0.6) is 0 Å². The Morgan fingerprint density at radius 2 is 2.00 bits per heavy atom. The largest absolute Gasteiger partial charge is 0.399 e. The number of amides is 1. The van der Waals surface area contributed by atoms with E-state index >= 15 is 0 Å². The van der Waals surface area contributed by atoms with Crippen LogP contribution >= 0.6 is 0 Å². The number of rotatable bonds is 6. The smallest absolute Gasteiger partial charge is 0.233 e. The van der Waals surface area contributed by atoms with E-state index in [4.69, 9.17) is 5.73 Å². The van der Waals surface area contributed by atoms with Gasteiger partial charge < -0.3 is 11.1 Å². The molecule has 0 spiro atoms. The molecule has 1 rings (SSSR count). The van der Waals surface area contributed by atoms with Crippen molar-refractivity contribution in [2.45, 2.75) is 44.6 Å². The van der Waals surface area contributed by atoms with Crippen LogP contribution in [0.4, 0.5) is 5.69 Å². The molecule has 0 aliphatic heterocycles. The van der Waals surface area contributed by atoms with Gasteiger partial charge in [0, 0.05) is 16.6 Å². The number of carbonyl (C=O) groups is 1. The summed E-state index contributed by atoms with van der Waals surface area (Å²) in [7, 11) is -1.32. The summed E-state index contributed by atoms with van der Waals surface area (Å²) in [5.41, 5.74) is 7.26. The minimum atomic E-state index is -1.32. The van der Waals surface area contributed by atoms with Crippen LogP contribution in [-0.4, -0.2) is 21.9 Å². The predicted octanol–water partition coefficient (Wildman–Crippen LogP) is 1.99. The number of benzene rings is 1. The zero-order valence-electron chi connectivity index (χ0n) is 11.7. The first-order valence-corrected chi connectivity index (χ1v) is 7.83. The van der Waals surface area contributed by atoms with Crippen LogP contribution in [0.25, 0.3) is 0 Å². The molecule has 5 heteroatoms. The Hall–Kier alpha value is -1.36. The summed E-state index contributed by atoms with van der Waals surface area (Å²) in [6.07, 6.45) is 1.77. The molecule has 0 fully saturated rings. The average Bonchev–Trinajstić information content (AvgIpc) is 2.38. The molecule has 1 unspecified atom stereocenters. The van der Waals surface area contributed by atoms with Crippen LogP contribution in [0.2, 0.25) is 0 Å². The summed E-state index contributed by atoms with van der Waals surface area (Å²) in [5.74, 6) is -0.165. The van der Waals surface area contributed by atoms with E-state index in [2.05, 4.69) is 5.32 Å². The first-order chi connectivity index (χ1) is 8.97. The summed E-state index contributed by atoms with van der Waals surface area (Å²) < 4.78 is 12.1. The monoisotopic (exact) mass is 282 g/mol. The molecule has 1 aromatic rings. The van der Waals surface area contributed by atoms with E-state index in [1.54, 1.807) is 18.2 Å². The number of carbonyl (C=O) groups excluding carboxylic acids is 1. The zero-order chi connectivity index (χ0) is 14.4. The maximum atomic E-state index is 12.1. The number of nitrogen functional groups attached to an aromatic ring is 1. The summed E-state index contributed by atoms with van der Waals surface area (Å²) in [5, 5.41) is 2.89. The lowest BCUT2D eigenvalue weighted by molar-refractivity contribution is -0.119. The molecule has 0 radical (unpaired) electrons. The van der Waals surface area contributed by atoms with E-state index in [9.17, 15) is 9.00 Å². The van der Waals surface area contributed by atoms with Gasteiger partial charge in [-0.3, -0.25) is 9.00 Å². The van der Waals surface area contributed by atoms with Crippen molar-refractivity contribution in [2.24, 2.45) is 0 Å². The normalized spacial score (nSPS) is 12.4. The fraction of sp³-hybridized carbons (Fsp3) is 0.500. The number of hydrogen-bond acceptors (Lipinski definition) is 3. The quantitative estimate of drug-likeness (QED) is 0.784. The highest BCUT2D eigenvalue weighted by molar-refractivity contribution is 7.85. The van der Waals surface area contributed by atoms with Crippen molar-refractivity contribution in [3.8, 4) is 0 Å². The molecule has 0 heterocycles. The molecule has 1 aromatic carbocycles. The molecule has 0 aliphatic carbocycles. The highest BCUT2D eigenvalue weighted by Gasteiger charge is 2.13. The summed E-state index contributed by atoms with van der Waals surface area (Å²) in [6.45, 7) is 5.91. The van der Waals surface area contributed by atoms with Crippen LogP contribution < -0.4 is 11.1 Å². The number of nitrogens with two attached hydrogens (primary N) is 1. The fourth-order valence-corrected chi connectivity index (χ4v) is 2.77. The molecular formula is C14H22N2O2S. The van der Waals surface area contributed by atoms with Crippen molar-refractivity contribution in [3.63, 3.8) is 0 Å². The second kappa shape index (κ2) is 7.28. The highest BCUT2D eigenvalue weighted by Crippen LogP contribution is 2.15. The van der Waals surface area contributed by atoms with E-state index in [0.29, 0.717) is 10.6 Å². The molecule has 0 bridgehead atoms. The molecule has 3 N–H and O–H groups in total. The Kier molecular flexibility index (Phi) is 6.02. The maximum Gasteiger partial charge on any atom is 0.233 e. The highest BCUT2D eigenvalue weighted by atomic mass is 32.2. The standard InChI is InChI=1S/C14H22N2O2S/c1-4-11(5-2)16-14(17)9-19(18)12-6-7-13(15)10(3)8-12/h6-8,11H,4-5,9,15H2,1-3H3,(H,16,17). The second-order valence-electron chi connectivity index (χ2n) is 4.59. The molecular weight excluding hydrogens is 260 g/mol. The average molecular weight is 282 g/mol. The predicted molar refractivity (Wildman–Crippen MR) is 79.4 cm³/mol. The molecule has 4 nitrogen and oxygen atoms in total. The maximum absolute atomic E-state index is 12.1. The van der Waals surface area contributed by atoms with Crippen LogP contribution in [-0.2, 0) is 15.6 Å². The number of aryl methyl sites for hydroxylation is 1. The van der Waals surface area contributed by atoms with Crippen molar-refractivity contribution < 1.29 is 9.00 Å².